The van der Waals surface area contributed by atoms with Crippen molar-refractivity contribution in [2.24, 2.45) is 5.92 Å². The van der Waals surface area contributed by atoms with Crippen LogP contribution in [-0.2, 0) is 4.79 Å². The van der Waals surface area contributed by atoms with Crippen molar-refractivity contribution in [2.75, 3.05) is 12.9 Å². The predicted molar refractivity (Wildman–Crippen MR) is 82.1 cm³/mol. The predicted octanol–water partition coefficient (Wildman–Crippen LogP) is 3.19. The molecule has 0 unspecified atom stereocenters. The van der Waals surface area contributed by atoms with Gasteiger partial charge in [0, 0.05) is 12.1 Å². The Kier molecular flexibility index (Phi) is 3.80. The van der Waals surface area contributed by atoms with Gasteiger partial charge >= 0.3 is 5.97 Å². The van der Waals surface area contributed by atoms with Crippen molar-refractivity contribution < 1.29 is 14.6 Å². The first-order chi connectivity index (χ1) is 10.1. The minimum Gasteiger partial charge on any atom is -0.497 e. The van der Waals surface area contributed by atoms with E-state index in [-0.39, 0.29) is 5.75 Å². The smallest absolute Gasteiger partial charge is 0.313 e. The lowest BCUT2D eigenvalue weighted by Gasteiger charge is -2.35. The van der Waals surface area contributed by atoms with Crippen molar-refractivity contribution in [3.63, 3.8) is 0 Å². The highest BCUT2D eigenvalue weighted by molar-refractivity contribution is 7.99. The third kappa shape index (κ3) is 2.72. The second-order valence-corrected chi connectivity index (χ2v) is 6.47. The number of ether oxygens (including phenoxy) is 1. The molecule has 1 aliphatic rings. The molecule has 3 rings (SSSR count). The normalized spacial score (nSPS) is 21.2. The minimum atomic E-state index is -0.821. The van der Waals surface area contributed by atoms with Gasteiger partial charge in [0.2, 0.25) is 0 Å². The molecule has 0 atom stereocenters. The van der Waals surface area contributed by atoms with E-state index < -0.39 is 5.97 Å². The van der Waals surface area contributed by atoms with Gasteiger partial charge < -0.3 is 14.4 Å². The molecule has 1 aromatic heterocycles. The number of hydrogen-bond acceptors (Lipinski definition) is 4. The van der Waals surface area contributed by atoms with E-state index >= 15 is 0 Å². The zero-order valence-electron chi connectivity index (χ0n) is 12.1. The number of imidazole rings is 1. The van der Waals surface area contributed by atoms with E-state index in [2.05, 4.69) is 16.5 Å². The van der Waals surface area contributed by atoms with Crippen molar-refractivity contribution in [3.8, 4) is 5.75 Å². The van der Waals surface area contributed by atoms with Crippen LogP contribution >= 0.6 is 11.8 Å². The summed E-state index contributed by atoms with van der Waals surface area (Å²) in [5, 5.41) is 9.69. The van der Waals surface area contributed by atoms with Gasteiger partial charge in [-0.2, -0.15) is 0 Å². The molecular formula is C15H18N2O3S. The summed E-state index contributed by atoms with van der Waals surface area (Å²) in [7, 11) is 1.65. The van der Waals surface area contributed by atoms with Crippen LogP contribution in [0, 0.1) is 5.92 Å². The van der Waals surface area contributed by atoms with Gasteiger partial charge in [0.1, 0.15) is 5.75 Å². The van der Waals surface area contributed by atoms with Crippen LogP contribution in [0.2, 0.25) is 0 Å². The SMILES string of the molecule is COc1ccc2nc(SCC(=O)O)n(C3CC(C)C3)c2c1. The van der Waals surface area contributed by atoms with Crippen LogP contribution in [0.1, 0.15) is 25.8 Å². The Hall–Kier alpha value is -1.69. The van der Waals surface area contributed by atoms with Crippen LogP contribution < -0.4 is 4.74 Å². The Morgan fingerprint density at radius 2 is 2.29 bits per heavy atom. The Balaban J connectivity index is 2.03. The van der Waals surface area contributed by atoms with Crippen LogP contribution in [0.3, 0.4) is 0 Å². The Bertz CT molecular complexity index is 677. The van der Waals surface area contributed by atoms with Crippen molar-refractivity contribution in [1.29, 1.82) is 0 Å². The standard InChI is InChI=1S/C15H18N2O3S/c1-9-5-10(6-9)17-13-7-11(20-2)3-4-12(13)16-15(17)21-8-14(18)19/h3-4,7,9-10H,5-6,8H2,1-2H3,(H,18,19). The van der Waals surface area contributed by atoms with Gasteiger partial charge in [0.05, 0.1) is 23.9 Å². The molecule has 5 nitrogen and oxygen atoms in total. The molecule has 0 amide bonds. The summed E-state index contributed by atoms with van der Waals surface area (Å²) in [5.74, 6) is 0.724. The quantitative estimate of drug-likeness (QED) is 0.859. The van der Waals surface area contributed by atoms with Gasteiger partial charge in [-0.3, -0.25) is 4.79 Å². The molecule has 6 heteroatoms. The molecule has 1 aliphatic carbocycles. The molecule has 21 heavy (non-hydrogen) atoms. The average molecular weight is 306 g/mol. The number of carboxylic acid groups (broad SMARTS) is 1. The van der Waals surface area contributed by atoms with E-state index in [0.29, 0.717) is 6.04 Å². The van der Waals surface area contributed by atoms with Gasteiger partial charge in [0.15, 0.2) is 5.16 Å². The minimum absolute atomic E-state index is 0.0305. The van der Waals surface area contributed by atoms with Crippen LogP contribution in [-0.4, -0.2) is 33.5 Å². The van der Waals surface area contributed by atoms with Crippen molar-refractivity contribution in [2.45, 2.75) is 31.0 Å². The van der Waals surface area contributed by atoms with Gasteiger partial charge in [-0.15, -0.1) is 0 Å². The lowest BCUT2D eigenvalue weighted by Crippen LogP contribution is -2.25. The molecular weight excluding hydrogens is 288 g/mol. The molecule has 1 heterocycles. The summed E-state index contributed by atoms with van der Waals surface area (Å²) in [4.78, 5) is 15.4. The number of aliphatic carboxylic acids is 1. The molecule has 0 radical (unpaired) electrons. The summed E-state index contributed by atoms with van der Waals surface area (Å²) in [6.07, 6.45) is 2.23. The topological polar surface area (TPSA) is 64.3 Å². The molecule has 0 saturated heterocycles. The van der Waals surface area contributed by atoms with Gasteiger partial charge in [-0.1, -0.05) is 18.7 Å². The first-order valence-electron chi connectivity index (χ1n) is 6.99. The molecule has 0 bridgehead atoms. The second kappa shape index (κ2) is 5.60. The van der Waals surface area contributed by atoms with E-state index in [1.54, 1.807) is 7.11 Å². The van der Waals surface area contributed by atoms with E-state index in [9.17, 15) is 4.79 Å². The fourth-order valence-electron chi connectivity index (χ4n) is 2.83. The highest BCUT2D eigenvalue weighted by Gasteiger charge is 2.30. The summed E-state index contributed by atoms with van der Waals surface area (Å²) < 4.78 is 7.48. The Morgan fingerprint density at radius 1 is 1.52 bits per heavy atom. The van der Waals surface area contributed by atoms with Gasteiger partial charge in [-0.05, 0) is 30.9 Å². The summed E-state index contributed by atoms with van der Waals surface area (Å²) in [6, 6.07) is 6.20. The number of benzene rings is 1. The number of carboxylic acids is 1. The van der Waals surface area contributed by atoms with E-state index in [4.69, 9.17) is 9.84 Å². The fourth-order valence-corrected chi connectivity index (χ4v) is 3.63. The molecule has 0 aliphatic heterocycles. The molecule has 1 fully saturated rings. The van der Waals surface area contributed by atoms with Crippen LogP contribution in [0.25, 0.3) is 11.0 Å². The molecule has 1 N–H and O–H groups in total. The summed E-state index contributed by atoms with van der Waals surface area (Å²) in [6.45, 7) is 2.24. The lowest BCUT2D eigenvalue weighted by molar-refractivity contribution is -0.133. The molecule has 1 aromatic carbocycles. The molecule has 2 aromatic rings. The number of thioether (sulfide) groups is 1. The van der Waals surface area contributed by atoms with Crippen LogP contribution in [0.4, 0.5) is 0 Å². The maximum absolute atomic E-state index is 10.8. The summed E-state index contributed by atoms with van der Waals surface area (Å²) >= 11 is 1.28. The third-order valence-corrected chi connectivity index (χ3v) is 4.84. The molecule has 112 valence electrons. The summed E-state index contributed by atoms with van der Waals surface area (Å²) in [5.41, 5.74) is 1.92. The Morgan fingerprint density at radius 3 is 2.90 bits per heavy atom. The van der Waals surface area contributed by atoms with Crippen LogP contribution in [0.5, 0.6) is 5.75 Å². The highest BCUT2D eigenvalue weighted by Crippen LogP contribution is 2.42. The van der Waals surface area contributed by atoms with Crippen molar-refractivity contribution in [3.05, 3.63) is 18.2 Å². The number of hydrogen-bond donors (Lipinski definition) is 1. The lowest BCUT2D eigenvalue weighted by atomic mass is 9.81. The largest absolute Gasteiger partial charge is 0.497 e. The number of nitrogens with zero attached hydrogens (tertiary/aromatic N) is 2. The fraction of sp³-hybridized carbons (Fsp3) is 0.467. The van der Waals surface area contributed by atoms with Gasteiger partial charge in [0.25, 0.3) is 0 Å². The van der Waals surface area contributed by atoms with E-state index in [1.165, 1.54) is 11.8 Å². The monoisotopic (exact) mass is 306 g/mol. The molecule has 1 saturated carbocycles. The maximum atomic E-state index is 10.8. The number of carbonyl (C=O) groups is 1. The average Bonchev–Trinajstić information content (AvgIpc) is 2.78. The number of rotatable bonds is 5. The zero-order valence-corrected chi connectivity index (χ0v) is 12.9. The zero-order chi connectivity index (χ0) is 15.0. The number of methoxy groups -OCH3 is 1. The van der Waals surface area contributed by atoms with Crippen LogP contribution in [0.15, 0.2) is 23.4 Å². The number of aromatic nitrogens is 2. The third-order valence-electron chi connectivity index (χ3n) is 3.90. The maximum Gasteiger partial charge on any atom is 0.313 e. The van der Waals surface area contributed by atoms with E-state index in [0.717, 1.165) is 40.7 Å². The highest BCUT2D eigenvalue weighted by atomic mass is 32.2. The first-order valence-corrected chi connectivity index (χ1v) is 7.97. The van der Waals surface area contributed by atoms with Crippen molar-refractivity contribution in [1.82, 2.24) is 9.55 Å². The van der Waals surface area contributed by atoms with Gasteiger partial charge in [-0.25, -0.2) is 4.98 Å². The molecule has 0 spiro atoms. The second-order valence-electron chi connectivity index (χ2n) is 5.53. The van der Waals surface area contributed by atoms with E-state index in [1.807, 2.05) is 18.2 Å². The Labute approximate surface area is 127 Å². The number of fused-ring (bicyclic) bond motifs is 1. The van der Waals surface area contributed by atoms with Crippen molar-refractivity contribution >= 4 is 28.8 Å². The first kappa shape index (κ1) is 14.3.